The molecule has 1 aromatic rings. The Kier molecular flexibility index (Phi) is 4.56. The predicted molar refractivity (Wildman–Crippen MR) is 69.9 cm³/mol. The molecule has 2 nitrogen and oxygen atoms in total. The number of benzene rings is 1. The van der Waals surface area contributed by atoms with Gasteiger partial charge in [0.25, 0.3) is 0 Å². The lowest BCUT2D eigenvalue weighted by molar-refractivity contribution is 0.233. The van der Waals surface area contributed by atoms with Crippen molar-refractivity contribution in [3.63, 3.8) is 0 Å². The van der Waals surface area contributed by atoms with E-state index in [1.807, 2.05) is 12.3 Å². The fourth-order valence-electron chi connectivity index (χ4n) is 1.62. The molecule has 88 valence electrons. The molecule has 1 rings (SSSR count). The first-order valence-electron chi connectivity index (χ1n) is 5.68. The molecule has 0 aliphatic carbocycles. The summed E-state index contributed by atoms with van der Waals surface area (Å²) >= 11 is 0. The monoisotopic (exact) mass is 218 g/mol. The molecule has 0 atom stereocenters. The Morgan fingerprint density at radius 1 is 1.31 bits per heavy atom. The van der Waals surface area contributed by atoms with Gasteiger partial charge in [0.05, 0.1) is 0 Å². The van der Waals surface area contributed by atoms with Gasteiger partial charge in [0.2, 0.25) is 0 Å². The summed E-state index contributed by atoms with van der Waals surface area (Å²) in [5, 5.41) is 0. The van der Waals surface area contributed by atoms with Crippen molar-refractivity contribution in [2.24, 2.45) is 11.1 Å². The molecule has 0 aliphatic rings. The minimum atomic E-state index is 0.128. The lowest BCUT2D eigenvalue weighted by Gasteiger charge is -2.30. The van der Waals surface area contributed by atoms with Crippen molar-refractivity contribution in [3.05, 3.63) is 48.7 Å². The first-order chi connectivity index (χ1) is 7.57. The van der Waals surface area contributed by atoms with Crippen LogP contribution in [0.5, 0.6) is 0 Å². The van der Waals surface area contributed by atoms with Gasteiger partial charge in [-0.3, -0.25) is 0 Å². The molecule has 1 aromatic carbocycles. The SMILES string of the molecule is C=CN(Cc1ccccc1)CC(C)(C)CN. The molecule has 0 amide bonds. The van der Waals surface area contributed by atoms with E-state index < -0.39 is 0 Å². The molecule has 0 saturated heterocycles. The van der Waals surface area contributed by atoms with E-state index in [0.717, 1.165) is 13.1 Å². The molecule has 0 aromatic heterocycles. The molecule has 0 radical (unpaired) electrons. The first kappa shape index (κ1) is 12.8. The lowest BCUT2D eigenvalue weighted by Crippen LogP contribution is -2.35. The molecular weight excluding hydrogens is 196 g/mol. The number of hydrogen-bond donors (Lipinski definition) is 1. The Balaban J connectivity index is 2.60. The van der Waals surface area contributed by atoms with Crippen LogP contribution in [-0.2, 0) is 6.54 Å². The van der Waals surface area contributed by atoms with Gasteiger partial charge in [-0.2, -0.15) is 0 Å². The highest BCUT2D eigenvalue weighted by molar-refractivity contribution is 5.14. The van der Waals surface area contributed by atoms with E-state index in [4.69, 9.17) is 5.73 Å². The standard InChI is InChI=1S/C14H22N2/c1-4-16(12-14(2,3)11-15)10-13-8-6-5-7-9-13/h4-9H,1,10-12,15H2,2-3H3. The Bertz CT molecular complexity index is 317. The van der Waals surface area contributed by atoms with Crippen molar-refractivity contribution >= 4 is 0 Å². The Morgan fingerprint density at radius 3 is 2.44 bits per heavy atom. The normalized spacial score (nSPS) is 11.2. The average Bonchev–Trinajstić information content (AvgIpc) is 2.29. The van der Waals surface area contributed by atoms with E-state index in [9.17, 15) is 0 Å². The van der Waals surface area contributed by atoms with Gasteiger partial charge in [0.15, 0.2) is 0 Å². The van der Waals surface area contributed by atoms with E-state index in [-0.39, 0.29) is 5.41 Å². The third-order valence-corrected chi connectivity index (χ3v) is 2.67. The molecule has 0 spiro atoms. The number of rotatable bonds is 6. The molecule has 16 heavy (non-hydrogen) atoms. The third-order valence-electron chi connectivity index (χ3n) is 2.67. The molecule has 0 fully saturated rings. The van der Waals surface area contributed by atoms with E-state index in [1.54, 1.807) is 0 Å². The molecule has 2 heteroatoms. The Morgan fingerprint density at radius 2 is 1.94 bits per heavy atom. The first-order valence-corrected chi connectivity index (χ1v) is 5.68. The minimum Gasteiger partial charge on any atom is -0.373 e. The number of nitrogens with two attached hydrogens (primary N) is 1. The highest BCUT2D eigenvalue weighted by Crippen LogP contribution is 2.16. The summed E-state index contributed by atoms with van der Waals surface area (Å²) in [6, 6.07) is 10.4. The number of nitrogens with zero attached hydrogens (tertiary/aromatic N) is 1. The van der Waals surface area contributed by atoms with E-state index in [0.29, 0.717) is 6.54 Å². The van der Waals surface area contributed by atoms with Gasteiger partial charge in [0, 0.05) is 13.1 Å². The molecule has 0 saturated carbocycles. The molecule has 0 heterocycles. The maximum atomic E-state index is 5.74. The predicted octanol–water partition coefficient (Wildman–Crippen LogP) is 2.62. The maximum absolute atomic E-state index is 5.74. The van der Waals surface area contributed by atoms with E-state index >= 15 is 0 Å². The van der Waals surface area contributed by atoms with Crippen molar-refractivity contribution < 1.29 is 0 Å². The molecule has 0 aliphatic heterocycles. The zero-order valence-corrected chi connectivity index (χ0v) is 10.3. The highest BCUT2D eigenvalue weighted by Gasteiger charge is 2.18. The van der Waals surface area contributed by atoms with Crippen molar-refractivity contribution in [1.29, 1.82) is 0 Å². The smallest absolute Gasteiger partial charge is 0.0423 e. The van der Waals surface area contributed by atoms with Crippen molar-refractivity contribution in [3.8, 4) is 0 Å². The fourth-order valence-corrected chi connectivity index (χ4v) is 1.62. The second-order valence-corrected chi connectivity index (χ2v) is 4.94. The van der Waals surface area contributed by atoms with Crippen LogP contribution in [0.3, 0.4) is 0 Å². The van der Waals surface area contributed by atoms with Crippen LogP contribution < -0.4 is 5.73 Å². The van der Waals surface area contributed by atoms with Gasteiger partial charge in [-0.25, -0.2) is 0 Å². The summed E-state index contributed by atoms with van der Waals surface area (Å²) in [7, 11) is 0. The largest absolute Gasteiger partial charge is 0.373 e. The van der Waals surface area contributed by atoms with E-state index in [1.165, 1.54) is 5.56 Å². The fraction of sp³-hybridized carbons (Fsp3) is 0.429. The lowest BCUT2D eigenvalue weighted by atomic mass is 9.93. The molecule has 2 N–H and O–H groups in total. The van der Waals surface area contributed by atoms with Crippen LogP contribution in [0.2, 0.25) is 0 Å². The zero-order valence-electron chi connectivity index (χ0n) is 10.3. The van der Waals surface area contributed by atoms with Gasteiger partial charge < -0.3 is 10.6 Å². The summed E-state index contributed by atoms with van der Waals surface area (Å²) in [5.41, 5.74) is 7.17. The van der Waals surface area contributed by atoms with Gasteiger partial charge in [-0.1, -0.05) is 50.8 Å². The van der Waals surface area contributed by atoms with Crippen LogP contribution in [0.1, 0.15) is 19.4 Å². The van der Waals surface area contributed by atoms with Crippen LogP contribution in [0, 0.1) is 5.41 Å². The zero-order chi connectivity index (χ0) is 12.0. The average molecular weight is 218 g/mol. The van der Waals surface area contributed by atoms with Crippen LogP contribution in [0.25, 0.3) is 0 Å². The van der Waals surface area contributed by atoms with Crippen LogP contribution >= 0.6 is 0 Å². The minimum absolute atomic E-state index is 0.128. The summed E-state index contributed by atoms with van der Waals surface area (Å²) < 4.78 is 0. The molecule has 0 unspecified atom stereocenters. The van der Waals surface area contributed by atoms with Crippen molar-refractivity contribution in [1.82, 2.24) is 4.90 Å². The van der Waals surface area contributed by atoms with Crippen molar-refractivity contribution in [2.75, 3.05) is 13.1 Å². The second kappa shape index (κ2) is 5.71. The summed E-state index contributed by atoms with van der Waals surface area (Å²) in [6.07, 6.45) is 1.89. The van der Waals surface area contributed by atoms with E-state index in [2.05, 4.69) is 49.6 Å². The topological polar surface area (TPSA) is 29.3 Å². The molecular formula is C14H22N2. The third kappa shape index (κ3) is 4.07. The van der Waals surface area contributed by atoms with Crippen LogP contribution in [-0.4, -0.2) is 18.0 Å². The second-order valence-electron chi connectivity index (χ2n) is 4.94. The van der Waals surface area contributed by atoms with Crippen LogP contribution in [0.4, 0.5) is 0 Å². The number of hydrogen-bond acceptors (Lipinski definition) is 2. The highest BCUT2D eigenvalue weighted by atomic mass is 15.1. The van der Waals surface area contributed by atoms with Gasteiger partial charge in [-0.15, -0.1) is 0 Å². The quantitative estimate of drug-likeness (QED) is 0.795. The Labute approximate surface area is 98.8 Å². The van der Waals surface area contributed by atoms with Gasteiger partial charge in [-0.05, 0) is 23.7 Å². The van der Waals surface area contributed by atoms with Gasteiger partial charge in [0.1, 0.15) is 0 Å². The van der Waals surface area contributed by atoms with Gasteiger partial charge >= 0.3 is 0 Å². The summed E-state index contributed by atoms with van der Waals surface area (Å²) in [6.45, 7) is 10.7. The molecule has 0 bridgehead atoms. The summed E-state index contributed by atoms with van der Waals surface area (Å²) in [4.78, 5) is 2.21. The van der Waals surface area contributed by atoms with Crippen molar-refractivity contribution in [2.45, 2.75) is 20.4 Å². The maximum Gasteiger partial charge on any atom is 0.0423 e. The summed E-state index contributed by atoms with van der Waals surface area (Å²) in [5.74, 6) is 0. The Hall–Kier alpha value is -1.28. The van der Waals surface area contributed by atoms with Crippen LogP contribution in [0.15, 0.2) is 43.1 Å².